The van der Waals surface area contributed by atoms with E-state index in [1.165, 1.54) is 10.4 Å². The molecule has 1 saturated heterocycles. The zero-order valence-corrected chi connectivity index (χ0v) is 17.3. The lowest BCUT2D eigenvalue weighted by molar-refractivity contribution is -0.114. The summed E-state index contributed by atoms with van der Waals surface area (Å²) in [7, 11) is -3.53. The zero-order valence-electron chi connectivity index (χ0n) is 15.7. The first kappa shape index (κ1) is 20.6. The molecule has 2 N–H and O–H groups in total. The lowest BCUT2D eigenvalue weighted by atomic mass is 10.2. The number of hydrogen-bond donors (Lipinski definition) is 2. The molecule has 0 aromatic heterocycles. The molecule has 150 valence electrons. The highest BCUT2D eigenvalue weighted by Crippen LogP contribution is 2.23. The van der Waals surface area contributed by atoms with Crippen molar-refractivity contribution < 1.29 is 13.2 Å². The van der Waals surface area contributed by atoms with Gasteiger partial charge in [0.15, 0.2) is 0 Å². The number of anilines is 2. The van der Waals surface area contributed by atoms with Crippen LogP contribution in [0, 0.1) is 6.92 Å². The average molecular weight is 422 g/mol. The maximum absolute atomic E-state index is 12.8. The van der Waals surface area contributed by atoms with Gasteiger partial charge in [0.1, 0.15) is 0 Å². The first-order valence-corrected chi connectivity index (χ1v) is 11.1. The number of nitrogens with zero attached hydrogens (tertiary/aromatic N) is 1. The highest BCUT2D eigenvalue weighted by Gasteiger charge is 2.26. The minimum absolute atomic E-state index is 0.0459. The Kier molecular flexibility index (Phi) is 6.59. The second-order valence-corrected chi connectivity index (χ2v) is 9.23. The smallest absolute Gasteiger partial charge is 0.243 e. The molecule has 0 aliphatic carbocycles. The van der Waals surface area contributed by atoms with Crippen LogP contribution in [-0.2, 0) is 14.8 Å². The van der Waals surface area contributed by atoms with E-state index in [9.17, 15) is 13.2 Å². The van der Waals surface area contributed by atoms with Gasteiger partial charge in [0, 0.05) is 29.5 Å². The van der Waals surface area contributed by atoms with Gasteiger partial charge >= 0.3 is 0 Å². The summed E-state index contributed by atoms with van der Waals surface area (Å²) in [6, 6.07) is 11.8. The summed E-state index contributed by atoms with van der Waals surface area (Å²) in [5.74, 6) is -0.271. The highest BCUT2D eigenvalue weighted by atomic mass is 35.5. The lowest BCUT2D eigenvalue weighted by Crippen LogP contribution is -2.35. The molecule has 28 heavy (non-hydrogen) atoms. The normalized spacial score (nSPS) is 15.2. The Morgan fingerprint density at radius 2 is 1.86 bits per heavy atom. The predicted molar refractivity (Wildman–Crippen MR) is 112 cm³/mol. The summed E-state index contributed by atoms with van der Waals surface area (Å²) in [6.45, 7) is 3.05. The lowest BCUT2D eigenvalue weighted by Gasteiger charge is -2.26. The Balaban J connectivity index is 1.65. The third kappa shape index (κ3) is 5.04. The second-order valence-electron chi connectivity index (χ2n) is 6.85. The van der Waals surface area contributed by atoms with Crippen molar-refractivity contribution in [1.29, 1.82) is 0 Å². The number of nitrogens with one attached hydrogen (secondary N) is 2. The minimum atomic E-state index is -3.53. The molecule has 1 fully saturated rings. The van der Waals surface area contributed by atoms with E-state index < -0.39 is 10.0 Å². The number of carbonyl (C=O) groups is 1. The van der Waals surface area contributed by atoms with Crippen LogP contribution in [0.2, 0.25) is 5.02 Å². The Hall–Kier alpha value is -2.09. The molecule has 0 atom stereocenters. The minimum Gasteiger partial charge on any atom is -0.376 e. The van der Waals surface area contributed by atoms with Gasteiger partial charge in [-0.3, -0.25) is 4.79 Å². The van der Waals surface area contributed by atoms with Gasteiger partial charge in [-0.2, -0.15) is 4.31 Å². The van der Waals surface area contributed by atoms with Crippen molar-refractivity contribution in [1.82, 2.24) is 4.31 Å². The topological polar surface area (TPSA) is 78.5 Å². The summed E-state index contributed by atoms with van der Waals surface area (Å²) in [5, 5.41) is 6.38. The van der Waals surface area contributed by atoms with Crippen LogP contribution >= 0.6 is 11.6 Å². The van der Waals surface area contributed by atoms with E-state index in [-0.39, 0.29) is 17.3 Å². The number of amides is 1. The molecule has 3 rings (SSSR count). The molecule has 2 aromatic rings. The van der Waals surface area contributed by atoms with E-state index in [1.807, 2.05) is 13.0 Å². The molecule has 2 aromatic carbocycles. The largest absolute Gasteiger partial charge is 0.376 e. The zero-order chi connectivity index (χ0) is 20.1. The SMILES string of the molecule is Cc1ccc(Cl)cc1NCC(=O)Nc1cccc(S(=O)(=O)N2CCCCC2)c1. The van der Waals surface area contributed by atoms with Crippen molar-refractivity contribution in [2.24, 2.45) is 0 Å². The van der Waals surface area contributed by atoms with Gasteiger partial charge in [-0.15, -0.1) is 0 Å². The number of rotatable bonds is 6. The highest BCUT2D eigenvalue weighted by molar-refractivity contribution is 7.89. The third-order valence-corrected chi connectivity index (χ3v) is 6.84. The molecule has 8 heteroatoms. The van der Waals surface area contributed by atoms with Crippen molar-refractivity contribution in [2.45, 2.75) is 31.1 Å². The molecule has 1 aliphatic heterocycles. The fourth-order valence-electron chi connectivity index (χ4n) is 3.15. The summed E-state index contributed by atoms with van der Waals surface area (Å²) < 4.78 is 27.1. The van der Waals surface area contributed by atoms with Crippen LogP contribution in [0.25, 0.3) is 0 Å². The molecule has 0 radical (unpaired) electrons. The van der Waals surface area contributed by atoms with E-state index in [2.05, 4.69) is 10.6 Å². The quantitative estimate of drug-likeness (QED) is 0.742. The summed E-state index contributed by atoms with van der Waals surface area (Å²) in [6.07, 6.45) is 2.82. The maximum atomic E-state index is 12.8. The van der Waals surface area contributed by atoms with Crippen LogP contribution in [0.5, 0.6) is 0 Å². The Labute approximate surface area is 170 Å². The molecule has 0 saturated carbocycles. The van der Waals surface area contributed by atoms with Crippen molar-refractivity contribution in [3.63, 3.8) is 0 Å². The summed E-state index contributed by atoms with van der Waals surface area (Å²) in [5.41, 5.74) is 2.21. The van der Waals surface area contributed by atoms with Gasteiger partial charge in [0.2, 0.25) is 15.9 Å². The van der Waals surface area contributed by atoms with Crippen molar-refractivity contribution in [3.8, 4) is 0 Å². The van der Waals surface area contributed by atoms with E-state index in [0.29, 0.717) is 23.8 Å². The molecular formula is C20H24ClN3O3S. The molecule has 0 spiro atoms. The standard InChI is InChI=1S/C20H24ClN3O3S/c1-15-8-9-16(21)12-19(15)22-14-20(25)23-17-6-5-7-18(13-17)28(26,27)24-10-3-2-4-11-24/h5-9,12-13,22H,2-4,10-11,14H2,1H3,(H,23,25). The number of piperidine rings is 1. The van der Waals surface area contributed by atoms with Gasteiger partial charge < -0.3 is 10.6 Å². The third-order valence-electron chi connectivity index (χ3n) is 4.71. The second kappa shape index (κ2) is 8.94. The molecule has 1 heterocycles. The monoisotopic (exact) mass is 421 g/mol. The summed E-state index contributed by atoms with van der Waals surface area (Å²) >= 11 is 5.98. The number of sulfonamides is 1. The van der Waals surface area contributed by atoms with Gasteiger partial charge in [-0.05, 0) is 55.7 Å². The predicted octanol–water partition coefficient (Wildman–Crippen LogP) is 3.87. The first-order chi connectivity index (χ1) is 13.4. The van der Waals surface area contributed by atoms with Crippen molar-refractivity contribution >= 4 is 38.9 Å². The Morgan fingerprint density at radius 3 is 2.61 bits per heavy atom. The average Bonchev–Trinajstić information content (AvgIpc) is 2.69. The van der Waals surface area contributed by atoms with E-state index in [1.54, 1.807) is 30.3 Å². The molecule has 0 unspecified atom stereocenters. The van der Waals surface area contributed by atoms with Crippen LogP contribution in [0.4, 0.5) is 11.4 Å². The van der Waals surface area contributed by atoms with E-state index >= 15 is 0 Å². The molecule has 6 nitrogen and oxygen atoms in total. The number of benzene rings is 2. The number of halogens is 1. The van der Waals surface area contributed by atoms with Crippen molar-refractivity contribution in [3.05, 3.63) is 53.1 Å². The van der Waals surface area contributed by atoms with E-state index in [0.717, 1.165) is 30.5 Å². The van der Waals surface area contributed by atoms with Gasteiger partial charge in [-0.1, -0.05) is 30.2 Å². The van der Waals surface area contributed by atoms with Crippen LogP contribution in [-0.4, -0.2) is 38.3 Å². The molecule has 1 amide bonds. The number of hydrogen-bond acceptors (Lipinski definition) is 4. The molecule has 0 bridgehead atoms. The number of aryl methyl sites for hydroxylation is 1. The van der Waals surface area contributed by atoms with Gasteiger partial charge in [0.25, 0.3) is 0 Å². The van der Waals surface area contributed by atoms with Crippen LogP contribution in [0.3, 0.4) is 0 Å². The van der Waals surface area contributed by atoms with Gasteiger partial charge in [-0.25, -0.2) is 8.42 Å². The van der Waals surface area contributed by atoms with Crippen LogP contribution in [0.1, 0.15) is 24.8 Å². The number of carbonyl (C=O) groups excluding carboxylic acids is 1. The fraction of sp³-hybridized carbons (Fsp3) is 0.350. The molecule has 1 aliphatic rings. The Bertz CT molecular complexity index is 957. The maximum Gasteiger partial charge on any atom is 0.243 e. The fourth-order valence-corrected chi connectivity index (χ4v) is 4.89. The van der Waals surface area contributed by atoms with Gasteiger partial charge in [0.05, 0.1) is 11.4 Å². The van der Waals surface area contributed by atoms with E-state index in [4.69, 9.17) is 11.6 Å². The van der Waals surface area contributed by atoms with Crippen LogP contribution < -0.4 is 10.6 Å². The van der Waals surface area contributed by atoms with Crippen LogP contribution in [0.15, 0.2) is 47.4 Å². The first-order valence-electron chi connectivity index (χ1n) is 9.26. The Morgan fingerprint density at radius 1 is 1.11 bits per heavy atom. The molecular weight excluding hydrogens is 398 g/mol. The van der Waals surface area contributed by atoms with Crippen molar-refractivity contribution in [2.75, 3.05) is 30.3 Å². The summed E-state index contributed by atoms with van der Waals surface area (Å²) in [4.78, 5) is 12.5.